The lowest BCUT2D eigenvalue weighted by Gasteiger charge is -2.10. The lowest BCUT2D eigenvalue weighted by Crippen LogP contribution is -2.08. The van der Waals surface area contributed by atoms with Gasteiger partial charge in [-0.1, -0.05) is 19.1 Å². The lowest BCUT2D eigenvalue weighted by molar-refractivity contribution is 0.0688. The van der Waals surface area contributed by atoms with E-state index in [4.69, 9.17) is 9.84 Å². The summed E-state index contributed by atoms with van der Waals surface area (Å²) < 4.78 is 19.9. The average Bonchev–Trinajstić information content (AvgIpc) is 2.83. The zero-order valence-electron chi connectivity index (χ0n) is 11.3. The fourth-order valence-corrected chi connectivity index (χ4v) is 1.94. The number of nitrogens with zero attached hydrogens (tertiary/aromatic N) is 3. The fourth-order valence-electron chi connectivity index (χ4n) is 1.94. The van der Waals surface area contributed by atoms with E-state index < -0.39 is 11.8 Å². The number of ether oxygens (including phenoxy) is 1. The van der Waals surface area contributed by atoms with Gasteiger partial charge in [0.05, 0.1) is 18.5 Å². The Bertz CT molecular complexity index is 652. The molecular weight excluding hydrogens is 265 g/mol. The van der Waals surface area contributed by atoms with Crippen molar-refractivity contribution in [1.82, 2.24) is 15.0 Å². The first-order valence-electron chi connectivity index (χ1n) is 5.98. The highest BCUT2D eigenvalue weighted by Gasteiger charge is 2.22. The van der Waals surface area contributed by atoms with Gasteiger partial charge in [0.1, 0.15) is 0 Å². The van der Waals surface area contributed by atoms with Crippen molar-refractivity contribution in [2.75, 3.05) is 7.11 Å². The van der Waals surface area contributed by atoms with Crippen LogP contribution in [0.15, 0.2) is 18.2 Å². The molecule has 0 fully saturated rings. The summed E-state index contributed by atoms with van der Waals surface area (Å²) in [4.78, 5) is 11.1. The lowest BCUT2D eigenvalue weighted by atomic mass is 10.1. The van der Waals surface area contributed by atoms with Crippen LogP contribution in [0.3, 0.4) is 0 Å². The van der Waals surface area contributed by atoms with Gasteiger partial charge in [-0.3, -0.25) is 0 Å². The zero-order chi connectivity index (χ0) is 14.9. The van der Waals surface area contributed by atoms with Crippen LogP contribution in [0.1, 0.15) is 35.9 Å². The Balaban J connectivity index is 2.58. The Hall–Kier alpha value is -2.44. The van der Waals surface area contributed by atoms with Crippen LogP contribution >= 0.6 is 0 Å². The van der Waals surface area contributed by atoms with Crippen LogP contribution in [0.5, 0.6) is 5.75 Å². The van der Waals surface area contributed by atoms with E-state index in [9.17, 15) is 9.18 Å². The topological polar surface area (TPSA) is 77.2 Å². The van der Waals surface area contributed by atoms with Gasteiger partial charge < -0.3 is 9.84 Å². The van der Waals surface area contributed by atoms with Crippen LogP contribution in [0, 0.1) is 5.82 Å². The van der Waals surface area contributed by atoms with Crippen LogP contribution in [0.25, 0.3) is 5.69 Å². The average molecular weight is 279 g/mol. The number of carboxylic acids is 1. The van der Waals surface area contributed by atoms with Crippen molar-refractivity contribution in [2.45, 2.75) is 19.8 Å². The molecule has 0 aliphatic rings. The number of methoxy groups -OCH3 is 1. The molecule has 0 aliphatic carbocycles. The number of carbonyl (C=O) groups is 1. The number of benzene rings is 1. The Morgan fingerprint density at radius 1 is 1.45 bits per heavy atom. The highest BCUT2D eigenvalue weighted by atomic mass is 19.1. The quantitative estimate of drug-likeness (QED) is 0.928. The van der Waals surface area contributed by atoms with Gasteiger partial charge in [0, 0.05) is 6.07 Å². The van der Waals surface area contributed by atoms with Crippen LogP contribution in [-0.2, 0) is 0 Å². The molecule has 0 spiro atoms. The number of aromatic carboxylic acids is 1. The third-order valence-corrected chi connectivity index (χ3v) is 2.83. The Morgan fingerprint density at radius 2 is 2.15 bits per heavy atom. The van der Waals surface area contributed by atoms with Crippen molar-refractivity contribution in [3.05, 3.63) is 35.4 Å². The minimum atomic E-state index is -1.16. The number of halogens is 1. The monoisotopic (exact) mass is 279 g/mol. The minimum Gasteiger partial charge on any atom is -0.494 e. The smallest absolute Gasteiger partial charge is 0.358 e. The number of rotatable bonds is 4. The molecule has 2 rings (SSSR count). The van der Waals surface area contributed by atoms with E-state index in [-0.39, 0.29) is 17.4 Å². The molecule has 0 saturated carbocycles. The summed E-state index contributed by atoms with van der Waals surface area (Å²) in [7, 11) is 1.37. The van der Waals surface area contributed by atoms with Crippen molar-refractivity contribution >= 4 is 5.97 Å². The highest BCUT2D eigenvalue weighted by Crippen LogP contribution is 2.24. The number of hydrogen-bond donors (Lipinski definition) is 1. The number of hydrogen-bond acceptors (Lipinski definition) is 4. The van der Waals surface area contributed by atoms with Gasteiger partial charge >= 0.3 is 5.97 Å². The molecule has 0 saturated heterocycles. The van der Waals surface area contributed by atoms with Crippen LogP contribution in [0.4, 0.5) is 4.39 Å². The fraction of sp³-hybridized carbons (Fsp3) is 0.308. The van der Waals surface area contributed by atoms with E-state index in [2.05, 4.69) is 10.3 Å². The maximum absolute atomic E-state index is 13.7. The molecule has 20 heavy (non-hydrogen) atoms. The van der Waals surface area contributed by atoms with E-state index in [1.54, 1.807) is 6.07 Å². The van der Waals surface area contributed by atoms with Gasteiger partial charge in [0.2, 0.25) is 0 Å². The van der Waals surface area contributed by atoms with Crippen molar-refractivity contribution in [2.24, 2.45) is 0 Å². The second-order valence-electron chi connectivity index (χ2n) is 4.51. The van der Waals surface area contributed by atoms with Gasteiger partial charge in [-0.2, -0.15) is 0 Å². The summed E-state index contributed by atoms with van der Waals surface area (Å²) >= 11 is 0. The van der Waals surface area contributed by atoms with Crippen molar-refractivity contribution in [3.8, 4) is 11.4 Å². The summed E-state index contributed by atoms with van der Waals surface area (Å²) in [6.45, 7) is 3.64. The third kappa shape index (κ3) is 2.34. The predicted octanol–water partition coefficient (Wildman–Crippen LogP) is 2.24. The predicted molar refractivity (Wildman–Crippen MR) is 68.9 cm³/mol. The Kier molecular flexibility index (Phi) is 3.69. The summed E-state index contributed by atoms with van der Waals surface area (Å²) in [5, 5.41) is 16.6. The highest BCUT2D eigenvalue weighted by molar-refractivity contribution is 5.86. The molecule has 106 valence electrons. The Labute approximate surface area is 114 Å². The molecule has 0 radical (unpaired) electrons. The van der Waals surface area contributed by atoms with Crippen molar-refractivity contribution in [1.29, 1.82) is 0 Å². The molecule has 6 nitrogen and oxygen atoms in total. The molecule has 1 aromatic carbocycles. The molecule has 1 heterocycles. The number of aromatic nitrogens is 3. The van der Waals surface area contributed by atoms with E-state index in [0.29, 0.717) is 11.4 Å². The molecule has 1 N–H and O–H groups in total. The third-order valence-electron chi connectivity index (χ3n) is 2.83. The minimum absolute atomic E-state index is 0.110. The van der Waals surface area contributed by atoms with Crippen molar-refractivity contribution < 1.29 is 19.0 Å². The molecule has 0 amide bonds. The summed E-state index contributed by atoms with van der Waals surface area (Å²) in [5.74, 6) is -1.72. The van der Waals surface area contributed by atoms with Crippen molar-refractivity contribution in [3.63, 3.8) is 0 Å². The standard InChI is InChI=1S/C13H14FN3O3/c1-7(2)12-11(13(18)19)15-16-17(12)8-4-5-10(20-3)9(14)6-8/h4-7H,1-3H3,(H,18,19). The van der Waals surface area contributed by atoms with Crippen LogP contribution in [-0.4, -0.2) is 33.2 Å². The summed E-state index contributed by atoms with van der Waals surface area (Å²) in [5.41, 5.74) is 0.685. The molecule has 0 aliphatic heterocycles. The molecule has 0 atom stereocenters. The second kappa shape index (κ2) is 5.28. The summed E-state index contributed by atoms with van der Waals surface area (Å²) in [6.07, 6.45) is 0. The molecular formula is C13H14FN3O3. The van der Waals surface area contributed by atoms with Crippen LogP contribution in [0.2, 0.25) is 0 Å². The first-order valence-corrected chi connectivity index (χ1v) is 5.98. The maximum atomic E-state index is 13.7. The largest absolute Gasteiger partial charge is 0.494 e. The van der Waals surface area contributed by atoms with Gasteiger partial charge in [0.25, 0.3) is 0 Å². The zero-order valence-corrected chi connectivity index (χ0v) is 11.3. The van der Waals surface area contributed by atoms with Gasteiger partial charge in [0.15, 0.2) is 17.3 Å². The van der Waals surface area contributed by atoms with Crippen LogP contribution < -0.4 is 4.74 Å². The van der Waals surface area contributed by atoms with E-state index in [1.807, 2.05) is 13.8 Å². The maximum Gasteiger partial charge on any atom is 0.358 e. The first kappa shape index (κ1) is 14.0. The van der Waals surface area contributed by atoms with E-state index in [1.165, 1.54) is 23.9 Å². The van der Waals surface area contributed by atoms with E-state index in [0.717, 1.165) is 0 Å². The molecule has 1 aromatic heterocycles. The Morgan fingerprint density at radius 3 is 2.65 bits per heavy atom. The normalized spacial score (nSPS) is 10.8. The van der Waals surface area contributed by atoms with E-state index >= 15 is 0 Å². The SMILES string of the molecule is COc1ccc(-n2nnc(C(=O)O)c2C(C)C)cc1F. The first-order chi connectivity index (χ1) is 9.45. The second-order valence-corrected chi connectivity index (χ2v) is 4.51. The molecule has 2 aromatic rings. The number of carboxylic acid groups (broad SMARTS) is 1. The molecule has 7 heteroatoms. The molecule has 0 unspecified atom stereocenters. The van der Waals surface area contributed by atoms with Gasteiger partial charge in [-0.25, -0.2) is 13.9 Å². The van der Waals surface area contributed by atoms with Gasteiger partial charge in [-0.15, -0.1) is 5.10 Å². The molecule has 0 bridgehead atoms. The summed E-state index contributed by atoms with van der Waals surface area (Å²) in [6, 6.07) is 4.27. The van der Waals surface area contributed by atoms with Gasteiger partial charge in [-0.05, 0) is 18.1 Å².